The van der Waals surface area contributed by atoms with Crippen molar-refractivity contribution in [2.45, 2.75) is 6.92 Å². The molecule has 2 unspecified atom stereocenters. The summed E-state index contributed by atoms with van der Waals surface area (Å²) in [6, 6.07) is 0. The highest BCUT2D eigenvalue weighted by molar-refractivity contribution is 5.74. The summed E-state index contributed by atoms with van der Waals surface area (Å²) in [6.07, 6.45) is 0. The topological polar surface area (TPSA) is 71.1 Å². The average Bonchev–Trinajstić information content (AvgIpc) is 2.31. The fourth-order valence-electron chi connectivity index (χ4n) is 1.21. The van der Waals surface area contributed by atoms with Crippen molar-refractivity contribution in [3.05, 3.63) is 0 Å². The Labute approximate surface area is 66.6 Å². The molecule has 1 rings (SSSR count). The number of hydrogen-bond donors (Lipinski definition) is 3. The molecule has 0 saturated carbocycles. The van der Waals surface area contributed by atoms with Gasteiger partial charge in [-0.1, -0.05) is 6.92 Å². The molecule has 0 aliphatic carbocycles. The van der Waals surface area contributed by atoms with Crippen molar-refractivity contribution in [1.29, 1.82) is 5.41 Å². The molecule has 0 aromatic heterocycles. The molecule has 4 heteroatoms. The number of rotatable bonds is 2. The van der Waals surface area contributed by atoms with Crippen LogP contribution in [0.3, 0.4) is 0 Å². The molecular formula is C7H15N3O. The highest BCUT2D eigenvalue weighted by Gasteiger charge is 2.23. The first-order valence-corrected chi connectivity index (χ1v) is 3.86. The van der Waals surface area contributed by atoms with Crippen LogP contribution in [-0.2, 0) is 4.74 Å². The fourth-order valence-corrected chi connectivity index (χ4v) is 1.21. The number of nitrogens with one attached hydrogen (secondary N) is 2. The molecule has 0 radical (unpaired) electrons. The molecule has 1 saturated heterocycles. The smallest absolute Gasteiger partial charge is 0.185 e. The Bertz CT molecular complexity index is 149. The lowest BCUT2D eigenvalue weighted by molar-refractivity contribution is 0.182. The van der Waals surface area contributed by atoms with Crippen molar-refractivity contribution in [2.75, 3.05) is 19.8 Å². The predicted octanol–water partition coefficient (Wildman–Crippen LogP) is -0.248. The Hall–Kier alpha value is -0.770. The highest BCUT2D eigenvalue weighted by Crippen LogP contribution is 2.18. The number of nitrogens with two attached hydrogens (primary N) is 1. The Kier molecular flexibility index (Phi) is 2.70. The zero-order valence-corrected chi connectivity index (χ0v) is 6.76. The monoisotopic (exact) mass is 157 g/mol. The molecule has 0 aromatic rings. The van der Waals surface area contributed by atoms with E-state index in [9.17, 15) is 0 Å². The van der Waals surface area contributed by atoms with Gasteiger partial charge in [-0.25, -0.2) is 0 Å². The first-order chi connectivity index (χ1) is 5.20. The standard InChI is InChI=1S/C7H15N3O/c1-5-3-11-4-6(5)2-10-7(8)9/h5-6H,2-4H2,1H3,(H4,8,9,10). The minimum absolute atomic E-state index is 0.0455. The van der Waals surface area contributed by atoms with Crippen molar-refractivity contribution in [3.8, 4) is 0 Å². The van der Waals surface area contributed by atoms with Crippen molar-refractivity contribution < 1.29 is 4.74 Å². The van der Waals surface area contributed by atoms with Crippen LogP contribution in [0.2, 0.25) is 0 Å². The van der Waals surface area contributed by atoms with E-state index in [-0.39, 0.29) is 5.96 Å². The Morgan fingerprint density at radius 2 is 2.45 bits per heavy atom. The normalized spacial score (nSPS) is 30.3. The van der Waals surface area contributed by atoms with Crippen LogP contribution in [0, 0.1) is 17.2 Å². The van der Waals surface area contributed by atoms with Gasteiger partial charge in [0, 0.05) is 19.1 Å². The summed E-state index contributed by atoms with van der Waals surface area (Å²) in [6.45, 7) is 4.54. The second-order valence-electron chi connectivity index (χ2n) is 3.07. The van der Waals surface area contributed by atoms with E-state index < -0.39 is 0 Å². The molecule has 0 spiro atoms. The Balaban J connectivity index is 2.20. The van der Waals surface area contributed by atoms with Crippen molar-refractivity contribution in [2.24, 2.45) is 17.6 Å². The molecule has 1 aliphatic heterocycles. The molecule has 4 nitrogen and oxygen atoms in total. The predicted molar refractivity (Wildman–Crippen MR) is 43.4 cm³/mol. The van der Waals surface area contributed by atoms with Crippen molar-refractivity contribution in [3.63, 3.8) is 0 Å². The van der Waals surface area contributed by atoms with Crippen LogP contribution < -0.4 is 11.1 Å². The summed E-state index contributed by atoms with van der Waals surface area (Å²) in [4.78, 5) is 0. The largest absolute Gasteiger partial charge is 0.381 e. The molecule has 11 heavy (non-hydrogen) atoms. The molecule has 0 bridgehead atoms. The number of guanidine groups is 1. The lowest BCUT2D eigenvalue weighted by Gasteiger charge is -2.13. The first-order valence-electron chi connectivity index (χ1n) is 3.86. The Morgan fingerprint density at radius 3 is 2.91 bits per heavy atom. The van der Waals surface area contributed by atoms with Crippen LogP contribution in [0.25, 0.3) is 0 Å². The van der Waals surface area contributed by atoms with Gasteiger partial charge < -0.3 is 15.8 Å². The zero-order valence-electron chi connectivity index (χ0n) is 6.76. The van der Waals surface area contributed by atoms with Gasteiger partial charge in [0.05, 0.1) is 6.61 Å². The fraction of sp³-hybridized carbons (Fsp3) is 0.857. The van der Waals surface area contributed by atoms with Crippen LogP contribution >= 0.6 is 0 Å². The maximum absolute atomic E-state index is 6.95. The maximum Gasteiger partial charge on any atom is 0.185 e. The van der Waals surface area contributed by atoms with Crippen LogP contribution in [0.4, 0.5) is 0 Å². The summed E-state index contributed by atoms with van der Waals surface area (Å²) in [7, 11) is 0. The third-order valence-electron chi connectivity index (χ3n) is 2.07. The average molecular weight is 157 g/mol. The van der Waals surface area contributed by atoms with E-state index in [1.165, 1.54) is 0 Å². The van der Waals surface area contributed by atoms with E-state index in [1.807, 2.05) is 0 Å². The molecule has 4 N–H and O–H groups in total. The van der Waals surface area contributed by atoms with Crippen molar-refractivity contribution in [1.82, 2.24) is 5.32 Å². The van der Waals surface area contributed by atoms with Gasteiger partial charge in [0.2, 0.25) is 0 Å². The molecule has 1 aliphatic rings. The summed E-state index contributed by atoms with van der Waals surface area (Å²) < 4.78 is 5.25. The van der Waals surface area contributed by atoms with Gasteiger partial charge >= 0.3 is 0 Å². The van der Waals surface area contributed by atoms with E-state index in [0.717, 1.165) is 19.8 Å². The van der Waals surface area contributed by atoms with Gasteiger partial charge in [-0.05, 0) is 5.92 Å². The lowest BCUT2D eigenvalue weighted by Crippen LogP contribution is -2.35. The summed E-state index contributed by atoms with van der Waals surface area (Å²) in [5, 5.41) is 9.75. The van der Waals surface area contributed by atoms with Gasteiger partial charge in [0.1, 0.15) is 0 Å². The summed E-state index contributed by atoms with van der Waals surface area (Å²) in [5.41, 5.74) is 5.15. The zero-order chi connectivity index (χ0) is 8.27. The van der Waals surface area contributed by atoms with Gasteiger partial charge in [-0.15, -0.1) is 0 Å². The molecular weight excluding hydrogens is 142 g/mol. The van der Waals surface area contributed by atoms with Crippen LogP contribution in [0.5, 0.6) is 0 Å². The van der Waals surface area contributed by atoms with Gasteiger partial charge in [-0.3, -0.25) is 5.41 Å². The van der Waals surface area contributed by atoms with Crippen LogP contribution in [0.1, 0.15) is 6.92 Å². The van der Waals surface area contributed by atoms with Gasteiger partial charge in [-0.2, -0.15) is 0 Å². The molecule has 1 fully saturated rings. The quantitative estimate of drug-likeness (QED) is 0.382. The van der Waals surface area contributed by atoms with E-state index in [2.05, 4.69) is 12.2 Å². The van der Waals surface area contributed by atoms with Crippen LogP contribution in [-0.4, -0.2) is 25.7 Å². The van der Waals surface area contributed by atoms with E-state index in [1.54, 1.807) is 0 Å². The Morgan fingerprint density at radius 1 is 1.73 bits per heavy atom. The van der Waals surface area contributed by atoms with E-state index >= 15 is 0 Å². The third-order valence-corrected chi connectivity index (χ3v) is 2.07. The molecule has 1 heterocycles. The lowest BCUT2D eigenvalue weighted by atomic mass is 9.98. The summed E-state index contributed by atoms with van der Waals surface area (Å²) in [5.74, 6) is 1.14. The molecule has 2 atom stereocenters. The van der Waals surface area contributed by atoms with Gasteiger partial charge in [0.25, 0.3) is 0 Å². The minimum Gasteiger partial charge on any atom is -0.381 e. The summed E-state index contributed by atoms with van der Waals surface area (Å²) >= 11 is 0. The number of ether oxygens (including phenoxy) is 1. The first kappa shape index (κ1) is 8.33. The molecule has 0 aromatic carbocycles. The van der Waals surface area contributed by atoms with Gasteiger partial charge in [0.15, 0.2) is 5.96 Å². The van der Waals surface area contributed by atoms with Crippen LogP contribution in [0.15, 0.2) is 0 Å². The second kappa shape index (κ2) is 3.57. The van der Waals surface area contributed by atoms with E-state index in [0.29, 0.717) is 11.8 Å². The van der Waals surface area contributed by atoms with E-state index in [4.69, 9.17) is 15.9 Å². The second-order valence-corrected chi connectivity index (χ2v) is 3.07. The SMILES string of the molecule is CC1COCC1CNC(=N)N. The molecule has 64 valence electrons. The van der Waals surface area contributed by atoms with Crippen molar-refractivity contribution >= 4 is 5.96 Å². The maximum atomic E-state index is 6.95. The molecule has 0 amide bonds. The third kappa shape index (κ3) is 2.38. The highest BCUT2D eigenvalue weighted by atomic mass is 16.5. The number of hydrogen-bond acceptors (Lipinski definition) is 2. The minimum atomic E-state index is 0.0455.